The van der Waals surface area contributed by atoms with Crippen LogP contribution in [0.4, 0.5) is 0 Å². The number of benzene rings is 1. The number of nitrogens with one attached hydrogen (secondary N) is 1. The lowest BCUT2D eigenvalue weighted by Gasteiger charge is -2.25. The first-order valence-electron chi connectivity index (χ1n) is 8.22. The lowest BCUT2D eigenvalue weighted by atomic mass is 9.89. The van der Waals surface area contributed by atoms with E-state index >= 15 is 0 Å². The van der Waals surface area contributed by atoms with E-state index in [0.29, 0.717) is 0 Å². The van der Waals surface area contributed by atoms with Gasteiger partial charge in [0, 0.05) is 0 Å². The Hall–Kier alpha value is -1.88. The minimum atomic E-state index is -0.935. The molecule has 1 aromatic carbocycles. The van der Waals surface area contributed by atoms with E-state index in [2.05, 4.69) is 23.5 Å². The van der Waals surface area contributed by atoms with Crippen LogP contribution in [0.3, 0.4) is 0 Å². The number of rotatable bonds is 6. The number of hydrogen-bond donors (Lipinski definition) is 2. The highest BCUT2D eigenvalue weighted by Gasteiger charge is 2.22. The third kappa shape index (κ3) is 4.55. The molecule has 0 aliphatic heterocycles. The molecule has 2 atom stereocenters. The molecule has 0 fully saturated rings. The summed E-state index contributed by atoms with van der Waals surface area (Å²) in [6.45, 7) is 3.53. The number of amides is 1. The Morgan fingerprint density at radius 3 is 2.52 bits per heavy atom. The number of hydrogen-bond acceptors (Lipinski definition) is 3. The van der Waals surface area contributed by atoms with Crippen molar-refractivity contribution in [2.24, 2.45) is 0 Å². The number of aryl methyl sites for hydroxylation is 2. The highest BCUT2D eigenvalue weighted by Crippen LogP contribution is 2.24. The molecule has 2 N–H and O–H groups in total. The summed E-state index contributed by atoms with van der Waals surface area (Å²) in [5.41, 5.74) is 3.92. The van der Waals surface area contributed by atoms with Gasteiger partial charge in [0.25, 0.3) is 0 Å². The van der Waals surface area contributed by atoms with Crippen molar-refractivity contribution >= 4 is 11.9 Å². The van der Waals surface area contributed by atoms with Gasteiger partial charge < -0.3 is 10.4 Å². The summed E-state index contributed by atoms with van der Waals surface area (Å²) >= 11 is 0. The maximum atomic E-state index is 12.3. The van der Waals surface area contributed by atoms with Crippen LogP contribution in [0.25, 0.3) is 0 Å². The van der Waals surface area contributed by atoms with E-state index in [-0.39, 0.29) is 18.5 Å². The molecule has 0 radical (unpaired) electrons. The van der Waals surface area contributed by atoms with Gasteiger partial charge in [-0.05, 0) is 63.3 Å². The van der Waals surface area contributed by atoms with Gasteiger partial charge in [0.2, 0.25) is 5.91 Å². The molecule has 0 saturated heterocycles. The van der Waals surface area contributed by atoms with Gasteiger partial charge in [-0.15, -0.1) is 0 Å². The van der Waals surface area contributed by atoms with Crippen LogP contribution in [-0.2, 0) is 22.4 Å². The Kier molecular flexibility index (Phi) is 5.77. The van der Waals surface area contributed by atoms with E-state index in [1.807, 2.05) is 6.92 Å². The van der Waals surface area contributed by atoms with Gasteiger partial charge in [-0.25, -0.2) is 0 Å². The number of carboxylic acids is 1. The van der Waals surface area contributed by atoms with Gasteiger partial charge in [0.1, 0.15) is 0 Å². The van der Waals surface area contributed by atoms with Crippen molar-refractivity contribution in [2.75, 3.05) is 13.6 Å². The molecule has 126 valence electrons. The average Bonchev–Trinajstić information content (AvgIpc) is 2.52. The molecule has 0 saturated carbocycles. The molecule has 2 unspecified atom stereocenters. The normalized spacial score (nSPS) is 16.5. The molecule has 5 heteroatoms. The highest BCUT2D eigenvalue weighted by molar-refractivity contribution is 5.82. The van der Waals surface area contributed by atoms with Crippen molar-refractivity contribution in [1.82, 2.24) is 10.2 Å². The van der Waals surface area contributed by atoms with Gasteiger partial charge in [-0.3, -0.25) is 14.5 Å². The summed E-state index contributed by atoms with van der Waals surface area (Å²) in [6, 6.07) is 5.89. The summed E-state index contributed by atoms with van der Waals surface area (Å²) in [6.07, 6.45) is 4.75. The van der Waals surface area contributed by atoms with Crippen LogP contribution < -0.4 is 5.32 Å². The number of carbonyl (C=O) groups is 2. The van der Waals surface area contributed by atoms with Crippen molar-refractivity contribution in [1.29, 1.82) is 0 Å². The molecule has 0 aromatic heterocycles. The molecule has 0 spiro atoms. The van der Waals surface area contributed by atoms with Crippen LogP contribution in [0.1, 0.15) is 49.4 Å². The molecule has 1 amide bonds. The number of aliphatic carboxylic acids is 1. The molecular formula is C18H26N2O3. The number of nitrogens with zero attached hydrogens (tertiary/aromatic N) is 1. The number of fused-ring (bicyclic) bond motifs is 1. The van der Waals surface area contributed by atoms with E-state index in [4.69, 9.17) is 5.11 Å². The largest absolute Gasteiger partial charge is 0.480 e. The van der Waals surface area contributed by atoms with Crippen molar-refractivity contribution in [2.45, 2.75) is 51.6 Å². The van der Waals surface area contributed by atoms with E-state index in [0.717, 1.165) is 18.4 Å². The first kappa shape index (κ1) is 17.5. The van der Waals surface area contributed by atoms with Gasteiger partial charge in [0.15, 0.2) is 0 Å². The second-order valence-electron chi connectivity index (χ2n) is 6.45. The second kappa shape index (κ2) is 7.59. The number of likely N-dealkylation sites (N-methyl/N-ethyl adjacent to an activating group) is 1. The second-order valence-corrected chi connectivity index (χ2v) is 6.45. The fraction of sp³-hybridized carbons (Fsp3) is 0.556. The summed E-state index contributed by atoms with van der Waals surface area (Å²) in [5, 5.41) is 11.8. The lowest BCUT2D eigenvalue weighted by Crippen LogP contribution is -2.45. The molecule has 1 aliphatic carbocycles. The minimum absolute atomic E-state index is 0.0876. The maximum Gasteiger partial charge on any atom is 0.317 e. The summed E-state index contributed by atoms with van der Waals surface area (Å²) in [5.74, 6) is -1.09. The molecular weight excluding hydrogens is 292 g/mol. The van der Waals surface area contributed by atoms with Crippen LogP contribution in [0.5, 0.6) is 0 Å². The minimum Gasteiger partial charge on any atom is -0.480 e. The Morgan fingerprint density at radius 1 is 1.22 bits per heavy atom. The van der Waals surface area contributed by atoms with Crippen molar-refractivity contribution in [3.8, 4) is 0 Å². The lowest BCUT2D eigenvalue weighted by molar-refractivity contribution is -0.139. The molecule has 2 rings (SSSR count). The van der Waals surface area contributed by atoms with Crippen molar-refractivity contribution < 1.29 is 14.7 Å². The van der Waals surface area contributed by atoms with Crippen LogP contribution in [0.15, 0.2) is 18.2 Å². The van der Waals surface area contributed by atoms with E-state index in [9.17, 15) is 9.59 Å². The van der Waals surface area contributed by atoms with E-state index in [1.165, 1.54) is 28.9 Å². The Morgan fingerprint density at radius 2 is 1.87 bits per heavy atom. The van der Waals surface area contributed by atoms with Crippen LogP contribution in [0, 0.1) is 0 Å². The Balaban J connectivity index is 1.99. The molecule has 5 nitrogen and oxygen atoms in total. The summed E-state index contributed by atoms with van der Waals surface area (Å²) in [4.78, 5) is 24.6. The van der Waals surface area contributed by atoms with E-state index in [1.54, 1.807) is 14.0 Å². The third-order valence-electron chi connectivity index (χ3n) is 4.66. The van der Waals surface area contributed by atoms with Crippen LogP contribution in [-0.4, -0.2) is 41.5 Å². The third-order valence-corrected chi connectivity index (χ3v) is 4.66. The number of carboxylic acid groups (broad SMARTS) is 1. The zero-order valence-electron chi connectivity index (χ0n) is 14.1. The van der Waals surface area contributed by atoms with Gasteiger partial charge in [0.05, 0.1) is 18.6 Å². The average molecular weight is 318 g/mol. The standard InChI is InChI=1S/C18H26N2O3/c1-12(19-18(23)13(2)20(3)11-17(21)22)15-9-8-14-6-4-5-7-16(14)10-15/h8-10,12-13H,4-7,11H2,1-3H3,(H,19,23)(H,21,22). The molecule has 1 aromatic rings. The Bertz CT molecular complexity index is 586. The van der Waals surface area contributed by atoms with Crippen LogP contribution >= 0.6 is 0 Å². The van der Waals surface area contributed by atoms with E-state index < -0.39 is 12.0 Å². The van der Waals surface area contributed by atoms with Gasteiger partial charge in [-0.1, -0.05) is 18.2 Å². The zero-order chi connectivity index (χ0) is 17.0. The summed E-state index contributed by atoms with van der Waals surface area (Å²) < 4.78 is 0. The van der Waals surface area contributed by atoms with Gasteiger partial charge in [-0.2, -0.15) is 0 Å². The molecule has 0 bridgehead atoms. The number of carbonyl (C=O) groups excluding carboxylic acids is 1. The molecule has 0 heterocycles. The smallest absolute Gasteiger partial charge is 0.317 e. The monoisotopic (exact) mass is 318 g/mol. The maximum absolute atomic E-state index is 12.3. The van der Waals surface area contributed by atoms with Crippen LogP contribution in [0.2, 0.25) is 0 Å². The predicted octanol–water partition coefficient (Wildman–Crippen LogP) is 2.15. The first-order chi connectivity index (χ1) is 10.9. The zero-order valence-corrected chi connectivity index (χ0v) is 14.1. The van der Waals surface area contributed by atoms with Crippen molar-refractivity contribution in [3.63, 3.8) is 0 Å². The predicted molar refractivity (Wildman–Crippen MR) is 89.4 cm³/mol. The summed E-state index contributed by atoms with van der Waals surface area (Å²) in [7, 11) is 1.64. The molecule has 1 aliphatic rings. The van der Waals surface area contributed by atoms with Crippen molar-refractivity contribution in [3.05, 3.63) is 34.9 Å². The quantitative estimate of drug-likeness (QED) is 0.843. The topological polar surface area (TPSA) is 69.6 Å². The fourth-order valence-electron chi connectivity index (χ4n) is 2.99. The van der Waals surface area contributed by atoms with Gasteiger partial charge >= 0.3 is 5.97 Å². The molecule has 23 heavy (non-hydrogen) atoms. The SMILES string of the molecule is CC(NC(=O)C(C)N(C)CC(=O)O)c1ccc2c(c1)CCCC2. The Labute approximate surface area is 137 Å². The fourth-order valence-corrected chi connectivity index (χ4v) is 2.99. The first-order valence-corrected chi connectivity index (χ1v) is 8.22. The highest BCUT2D eigenvalue weighted by atomic mass is 16.4.